The van der Waals surface area contributed by atoms with Gasteiger partial charge in [0.05, 0.1) is 6.54 Å². The molecule has 0 fully saturated rings. The number of carbonyl (C=O) groups is 1. The Morgan fingerprint density at radius 2 is 2.35 bits per heavy atom. The van der Waals surface area contributed by atoms with Crippen LogP contribution in [0.5, 0.6) is 0 Å². The number of rotatable bonds is 8. The first kappa shape index (κ1) is 13.9. The molecule has 1 atom stereocenters. The summed E-state index contributed by atoms with van der Waals surface area (Å²) >= 11 is 1.19. The molecule has 1 rings (SSSR count). The predicted octanol–water partition coefficient (Wildman–Crippen LogP) is 0.238. The topological polar surface area (TPSA) is 92.9 Å². The minimum atomic E-state index is -0.835. The van der Waals surface area contributed by atoms with E-state index in [-0.39, 0.29) is 0 Å². The quantitative estimate of drug-likeness (QED) is 0.510. The highest BCUT2D eigenvalue weighted by molar-refractivity contribution is 8.00. The minimum absolute atomic E-state index is 0.501. The monoisotopic (exact) mass is 259 g/mol. The summed E-state index contributed by atoms with van der Waals surface area (Å²) < 4.78 is 1.62. The van der Waals surface area contributed by atoms with Gasteiger partial charge in [0.25, 0.3) is 0 Å². The van der Waals surface area contributed by atoms with E-state index in [1.807, 2.05) is 13.8 Å². The fourth-order valence-electron chi connectivity index (χ4n) is 1.22. The lowest BCUT2D eigenvalue weighted by Gasteiger charge is -2.09. The zero-order valence-electron chi connectivity index (χ0n) is 9.96. The molecule has 1 unspecified atom stereocenters. The highest BCUT2D eigenvalue weighted by atomic mass is 32.2. The Morgan fingerprint density at radius 3 is 2.94 bits per heavy atom. The minimum Gasteiger partial charge on any atom is -0.480 e. The van der Waals surface area contributed by atoms with E-state index in [4.69, 9.17) is 5.11 Å². The number of nitrogens with zero attached hydrogens (tertiary/aromatic N) is 4. The molecule has 0 spiro atoms. The fourth-order valence-corrected chi connectivity index (χ4v) is 2.07. The van der Waals surface area contributed by atoms with Crippen molar-refractivity contribution in [2.75, 3.05) is 13.1 Å². The molecule has 0 bridgehead atoms. The number of carboxylic acid groups (broad SMARTS) is 1. The molecule has 96 valence electrons. The molecule has 0 radical (unpaired) electrons. The van der Waals surface area contributed by atoms with E-state index < -0.39 is 11.2 Å². The van der Waals surface area contributed by atoms with Crippen LogP contribution in [-0.4, -0.2) is 49.6 Å². The summed E-state index contributed by atoms with van der Waals surface area (Å²) in [5.74, 6) is -0.835. The van der Waals surface area contributed by atoms with Crippen molar-refractivity contribution in [1.82, 2.24) is 25.5 Å². The third-order valence-corrected chi connectivity index (χ3v) is 3.47. The van der Waals surface area contributed by atoms with Crippen LogP contribution in [0.2, 0.25) is 0 Å². The second-order valence-electron chi connectivity index (χ2n) is 3.39. The molecule has 0 aromatic carbocycles. The summed E-state index contributed by atoms with van der Waals surface area (Å²) in [4.78, 5) is 10.9. The van der Waals surface area contributed by atoms with Crippen molar-refractivity contribution in [3.8, 4) is 0 Å². The Balaban J connectivity index is 2.58. The zero-order chi connectivity index (χ0) is 12.7. The van der Waals surface area contributed by atoms with Gasteiger partial charge in [0, 0.05) is 6.54 Å². The molecule has 7 nitrogen and oxygen atoms in total. The number of nitrogens with one attached hydrogen (secondary N) is 1. The van der Waals surface area contributed by atoms with Crippen LogP contribution in [0, 0.1) is 0 Å². The molecule has 0 saturated carbocycles. The first-order valence-electron chi connectivity index (χ1n) is 5.55. The SMILES string of the molecule is CCNCCn1nnnc1SC(CC)C(=O)O. The third kappa shape index (κ3) is 4.31. The van der Waals surface area contributed by atoms with Crippen molar-refractivity contribution in [2.24, 2.45) is 0 Å². The van der Waals surface area contributed by atoms with Gasteiger partial charge in [0.2, 0.25) is 5.16 Å². The molecule has 0 aliphatic carbocycles. The van der Waals surface area contributed by atoms with Crippen molar-refractivity contribution in [3.05, 3.63) is 0 Å². The third-order valence-electron chi connectivity index (χ3n) is 2.14. The predicted molar refractivity (Wildman–Crippen MR) is 63.9 cm³/mol. The molecular weight excluding hydrogens is 242 g/mol. The molecule has 8 heteroatoms. The van der Waals surface area contributed by atoms with Crippen molar-refractivity contribution in [3.63, 3.8) is 0 Å². The summed E-state index contributed by atoms with van der Waals surface area (Å²) in [5, 5.41) is 23.4. The number of likely N-dealkylation sites (N-methyl/N-ethyl adjacent to an activating group) is 1. The van der Waals surface area contributed by atoms with Crippen LogP contribution in [0.3, 0.4) is 0 Å². The van der Waals surface area contributed by atoms with Gasteiger partial charge in [-0.15, -0.1) is 5.10 Å². The van der Waals surface area contributed by atoms with Gasteiger partial charge in [-0.25, -0.2) is 4.68 Å². The summed E-state index contributed by atoms with van der Waals surface area (Å²) in [6.07, 6.45) is 0.542. The Labute approximate surface area is 104 Å². The highest BCUT2D eigenvalue weighted by Gasteiger charge is 2.20. The highest BCUT2D eigenvalue weighted by Crippen LogP contribution is 2.22. The molecule has 1 aromatic heterocycles. The van der Waals surface area contributed by atoms with Crippen LogP contribution < -0.4 is 5.32 Å². The summed E-state index contributed by atoms with van der Waals surface area (Å²) in [5.41, 5.74) is 0. The summed E-state index contributed by atoms with van der Waals surface area (Å²) in [6.45, 7) is 6.14. The number of carboxylic acids is 1. The van der Waals surface area contributed by atoms with E-state index in [0.717, 1.165) is 13.1 Å². The number of tetrazole rings is 1. The van der Waals surface area contributed by atoms with Gasteiger partial charge >= 0.3 is 5.97 Å². The first-order chi connectivity index (χ1) is 8.19. The smallest absolute Gasteiger partial charge is 0.317 e. The Hall–Kier alpha value is -1.15. The average Bonchev–Trinajstić information content (AvgIpc) is 2.73. The standard InChI is InChI=1S/C9H17N5O2S/c1-3-7(8(15)16)17-9-11-12-13-14(9)6-5-10-4-2/h7,10H,3-6H2,1-2H3,(H,15,16). The van der Waals surface area contributed by atoms with Gasteiger partial charge in [-0.1, -0.05) is 25.6 Å². The number of hydrogen-bond acceptors (Lipinski definition) is 6. The van der Waals surface area contributed by atoms with E-state index in [2.05, 4.69) is 20.8 Å². The van der Waals surface area contributed by atoms with Gasteiger partial charge in [0.15, 0.2) is 0 Å². The van der Waals surface area contributed by atoms with Crippen molar-refractivity contribution in [1.29, 1.82) is 0 Å². The molecule has 1 aromatic rings. The second-order valence-corrected chi connectivity index (χ2v) is 4.56. The molecule has 0 amide bonds. The van der Waals surface area contributed by atoms with Crippen LogP contribution in [-0.2, 0) is 11.3 Å². The van der Waals surface area contributed by atoms with E-state index >= 15 is 0 Å². The summed E-state index contributed by atoms with van der Waals surface area (Å²) in [7, 11) is 0. The van der Waals surface area contributed by atoms with E-state index in [0.29, 0.717) is 18.1 Å². The van der Waals surface area contributed by atoms with Crippen LogP contribution in [0.25, 0.3) is 0 Å². The summed E-state index contributed by atoms with van der Waals surface area (Å²) in [6, 6.07) is 0. The lowest BCUT2D eigenvalue weighted by molar-refractivity contribution is -0.136. The second kappa shape index (κ2) is 7.23. The molecule has 0 aliphatic heterocycles. The van der Waals surface area contributed by atoms with Gasteiger partial charge in [-0.3, -0.25) is 4.79 Å². The van der Waals surface area contributed by atoms with Crippen LogP contribution in [0.15, 0.2) is 5.16 Å². The lowest BCUT2D eigenvalue weighted by atomic mass is 10.3. The van der Waals surface area contributed by atoms with E-state index in [1.165, 1.54) is 11.8 Å². The van der Waals surface area contributed by atoms with Crippen LogP contribution in [0.4, 0.5) is 0 Å². The molecular formula is C9H17N5O2S. The largest absolute Gasteiger partial charge is 0.480 e. The Morgan fingerprint density at radius 1 is 1.59 bits per heavy atom. The van der Waals surface area contributed by atoms with Crippen LogP contribution >= 0.6 is 11.8 Å². The first-order valence-corrected chi connectivity index (χ1v) is 6.43. The Bertz CT molecular complexity index is 357. The van der Waals surface area contributed by atoms with Crippen molar-refractivity contribution >= 4 is 17.7 Å². The van der Waals surface area contributed by atoms with Gasteiger partial charge in [-0.2, -0.15) is 0 Å². The fraction of sp³-hybridized carbons (Fsp3) is 0.778. The van der Waals surface area contributed by atoms with Gasteiger partial charge < -0.3 is 10.4 Å². The maximum absolute atomic E-state index is 10.9. The van der Waals surface area contributed by atoms with Crippen LogP contribution in [0.1, 0.15) is 20.3 Å². The van der Waals surface area contributed by atoms with E-state index in [9.17, 15) is 4.79 Å². The lowest BCUT2D eigenvalue weighted by Crippen LogP contribution is -2.21. The number of thioether (sulfide) groups is 1. The molecule has 17 heavy (non-hydrogen) atoms. The Kier molecular flexibility index (Phi) is 5.92. The van der Waals surface area contributed by atoms with Gasteiger partial charge in [-0.05, 0) is 23.4 Å². The number of aromatic nitrogens is 4. The number of aliphatic carboxylic acids is 1. The molecule has 0 saturated heterocycles. The normalized spacial score (nSPS) is 12.6. The van der Waals surface area contributed by atoms with E-state index in [1.54, 1.807) is 4.68 Å². The van der Waals surface area contributed by atoms with Gasteiger partial charge in [0.1, 0.15) is 5.25 Å². The number of hydrogen-bond donors (Lipinski definition) is 2. The average molecular weight is 259 g/mol. The molecule has 2 N–H and O–H groups in total. The zero-order valence-corrected chi connectivity index (χ0v) is 10.8. The molecule has 1 heterocycles. The van der Waals surface area contributed by atoms with Crippen molar-refractivity contribution in [2.45, 2.75) is 37.2 Å². The molecule has 0 aliphatic rings. The maximum atomic E-state index is 10.9. The van der Waals surface area contributed by atoms with Crippen molar-refractivity contribution < 1.29 is 9.90 Å². The maximum Gasteiger partial charge on any atom is 0.317 e.